The molecular formula is C12H19F9O3Si. The molecule has 0 heterocycles. The standard InChI is InChI=1S/C12H19F9O3Si/c1-5-22-25(7-3,23-6-2)24-8(4)9(13,14)10(15,16)11(17,18)12(19,20)21/h8H,5-7H2,1-4H3. The van der Waals surface area contributed by atoms with Gasteiger partial charge >= 0.3 is 32.7 Å². The van der Waals surface area contributed by atoms with E-state index in [0.29, 0.717) is 0 Å². The quantitative estimate of drug-likeness (QED) is 0.379. The van der Waals surface area contributed by atoms with Gasteiger partial charge in [-0.25, -0.2) is 0 Å². The first-order valence-electron chi connectivity index (χ1n) is 7.22. The maximum absolute atomic E-state index is 13.8. The number of hydrogen-bond donors (Lipinski definition) is 0. The largest absolute Gasteiger partial charge is 0.501 e. The smallest absolute Gasteiger partial charge is 0.374 e. The Hall–Kier alpha value is -0.533. The first kappa shape index (κ1) is 24.5. The van der Waals surface area contributed by atoms with Gasteiger partial charge in [0.15, 0.2) is 0 Å². The molecule has 0 saturated carbocycles. The van der Waals surface area contributed by atoms with Gasteiger partial charge in [-0.15, -0.1) is 0 Å². The van der Waals surface area contributed by atoms with Crippen LogP contribution in [-0.4, -0.2) is 52.1 Å². The van der Waals surface area contributed by atoms with Crippen LogP contribution in [0.15, 0.2) is 0 Å². The van der Waals surface area contributed by atoms with E-state index in [2.05, 4.69) is 0 Å². The van der Waals surface area contributed by atoms with E-state index in [0.717, 1.165) is 0 Å². The van der Waals surface area contributed by atoms with E-state index < -0.39 is 38.9 Å². The van der Waals surface area contributed by atoms with E-state index in [9.17, 15) is 39.5 Å². The molecule has 0 N–H and O–H groups in total. The van der Waals surface area contributed by atoms with Crippen LogP contribution in [0.25, 0.3) is 0 Å². The van der Waals surface area contributed by atoms with Crippen LogP contribution < -0.4 is 0 Å². The zero-order valence-corrected chi connectivity index (χ0v) is 14.8. The molecule has 1 unspecified atom stereocenters. The Morgan fingerprint density at radius 1 is 0.760 bits per heavy atom. The molecule has 0 aromatic heterocycles. The molecule has 0 bridgehead atoms. The number of halogens is 9. The molecular weight excluding hydrogens is 391 g/mol. The summed E-state index contributed by atoms with van der Waals surface area (Å²) in [6, 6.07) is -0.184. The van der Waals surface area contributed by atoms with Crippen molar-refractivity contribution in [3.63, 3.8) is 0 Å². The fraction of sp³-hybridized carbons (Fsp3) is 1.00. The fourth-order valence-electron chi connectivity index (χ4n) is 1.82. The molecule has 0 aliphatic carbocycles. The Morgan fingerprint density at radius 3 is 1.44 bits per heavy atom. The number of hydrogen-bond acceptors (Lipinski definition) is 3. The summed E-state index contributed by atoms with van der Waals surface area (Å²) in [7, 11) is -3.97. The third-order valence-corrected chi connectivity index (χ3v) is 6.23. The highest BCUT2D eigenvalue weighted by Crippen LogP contribution is 2.54. The second-order valence-corrected chi connectivity index (χ2v) is 7.82. The molecule has 152 valence electrons. The summed E-state index contributed by atoms with van der Waals surface area (Å²) < 4.78 is 131. The highest BCUT2D eigenvalue weighted by atomic mass is 28.4. The van der Waals surface area contributed by atoms with E-state index in [1.54, 1.807) is 0 Å². The topological polar surface area (TPSA) is 27.7 Å². The summed E-state index contributed by atoms with van der Waals surface area (Å²) in [5.74, 6) is -19.6. The van der Waals surface area contributed by atoms with E-state index in [-0.39, 0.29) is 26.2 Å². The zero-order chi connectivity index (χ0) is 20.3. The van der Waals surface area contributed by atoms with Crippen LogP contribution in [0, 0.1) is 0 Å². The monoisotopic (exact) mass is 410 g/mol. The van der Waals surface area contributed by atoms with Crippen molar-refractivity contribution < 1.29 is 52.8 Å². The fourth-order valence-corrected chi connectivity index (χ4v) is 4.18. The molecule has 0 rings (SSSR count). The maximum Gasteiger partial charge on any atom is 0.501 e. The Kier molecular flexibility index (Phi) is 7.83. The number of alkyl halides is 9. The van der Waals surface area contributed by atoms with E-state index >= 15 is 0 Å². The third-order valence-electron chi connectivity index (χ3n) is 3.20. The summed E-state index contributed by atoms with van der Waals surface area (Å²) in [6.07, 6.45) is -9.90. The van der Waals surface area contributed by atoms with Crippen molar-refractivity contribution in [3.05, 3.63) is 0 Å². The van der Waals surface area contributed by atoms with Crippen molar-refractivity contribution in [1.82, 2.24) is 0 Å². The summed E-state index contributed by atoms with van der Waals surface area (Å²) in [5, 5.41) is 0. The lowest BCUT2D eigenvalue weighted by molar-refractivity contribution is -0.404. The van der Waals surface area contributed by atoms with Crippen LogP contribution in [-0.2, 0) is 13.3 Å². The van der Waals surface area contributed by atoms with Crippen molar-refractivity contribution in [2.24, 2.45) is 0 Å². The van der Waals surface area contributed by atoms with Crippen molar-refractivity contribution in [2.45, 2.75) is 63.8 Å². The Bertz CT molecular complexity index is 423. The lowest BCUT2D eigenvalue weighted by Crippen LogP contribution is -2.65. The van der Waals surface area contributed by atoms with Crippen molar-refractivity contribution in [2.75, 3.05) is 13.2 Å². The minimum absolute atomic E-state index is 0.131. The molecule has 0 aromatic carbocycles. The van der Waals surface area contributed by atoms with E-state index in [4.69, 9.17) is 13.3 Å². The zero-order valence-electron chi connectivity index (χ0n) is 13.8. The van der Waals surface area contributed by atoms with Gasteiger partial charge in [0.05, 0.1) is 0 Å². The van der Waals surface area contributed by atoms with Gasteiger partial charge in [0.1, 0.15) is 6.10 Å². The molecule has 0 aliphatic rings. The van der Waals surface area contributed by atoms with Gasteiger partial charge in [0.25, 0.3) is 0 Å². The molecule has 0 spiro atoms. The lowest BCUT2D eigenvalue weighted by atomic mass is 10.00. The lowest BCUT2D eigenvalue weighted by Gasteiger charge is -2.39. The summed E-state index contributed by atoms with van der Waals surface area (Å²) in [4.78, 5) is 0. The average molecular weight is 410 g/mol. The first-order valence-corrected chi connectivity index (χ1v) is 9.15. The number of rotatable bonds is 10. The Balaban J connectivity index is 5.76. The molecule has 0 radical (unpaired) electrons. The Labute approximate surface area is 139 Å². The summed E-state index contributed by atoms with van der Waals surface area (Å²) in [6.45, 7) is 4.17. The molecule has 0 aliphatic heterocycles. The minimum atomic E-state index is -6.96. The van der Waals surface area contributed by atoms with Crippen LogP contribution in [0.3, 0.4) is 0 Å². The van der Waals surface area contributed by atoms with Crippen LogP contribution in [0.2, 0.25) is 6.04 Å². The highest BCUT2D eigenvalue weighted by molar-refractivity contribution is 6.60. The molecule has 0 amide bonds. The Morgan fingerprint density at radius 2 is 1.16 bits per heavy atom. The van der Waals surface area contributed by atoms with Gasteiger partial charge < -0.3 is 13.3 Å². The molecule has 25 heavy (non-hydrogen) atoms. The predicted molar refractivity (Wildman–Crippen MR) is 70.9 cm³/mol. The van der Waals surface area contributed by atoms with Crippen LogP contribution >= 0.6 is 0 Å². The first-order chi connectivity index (χ1) is 11.1. The van der Waals surface area contributed by atoms with Gasteiger partial charge in [0.2, 0.25) is 0 Å². The average Bonchev–Trinajstić information content (AvgIpc) is 2.45. The summed E-state index contributed by atoms with van der Waals surface area (Å²) in [5.41, 5.74) is 0. The normalized spacial score (nSPS) is 16.2. The second kappa shape index (κ2) is 8.01. The van der Waals surface area contributed by atoms with Gasteiger partial charge in [-0.1, -0.05) is 6.92 Å². The predicted octanol–water partition coefficient (Wildman–Crippen LogP) is 4.89. The second-order valence-electron chi connectivity index (χ2n) is 4.93. The SMILES string of the molecule is CCO[Si](CC)(OCC)OC(C)C(F)(F)C(F)(F)C(F)(F)C(F)(F)F. The molecule has 0 fully saturated rings. The van der Waals surface area contributed by atoms with Gasteiger partial charge in [-0.3, -0.25) is 0 Å². The molecule has 1 atom stereocenters. The molecule has 0 saturated heterocycles. The molecule has 13 heteroatoms. The summed E-state index contributed by atoms with van der Waals surface area (Å²) >= 11 is 0. The highest BCUT2D eigenvalue weighted by Gasteiger charge is 2.83. The van der Waals surface area contributed by atoms with Crippen molar-refractivity contribution in [3.8, 4) is 0 Å². The molecule has 0 aromatic rings. The third kappa shape index (κ3) is 4.60. The minimum Gasteiger partial charge on any atom is -0.374 e. The van der Waals surface area contributed by atoms with Crippen LogP contribution in [0.4, 0.5) is 39.5 Å². The van der Waals surface area contributed by atoms with Crippen LogP contribution in [0.1, 0.15) is 27.7 Å². The van der Waals surface area contributed by atoms with E-state index in [1.165, 1.54) is 20.8 Å². The van der Waals surface area contributed by atoms with Crippen molar-refractivity contribution >= 4 is 8.80 Å². The van der Waals surface area contributed by atoms with Crippen LogP contribution in [0.5, 0.6) is 0 Å². The van der Waals surface area contributed by atoms with Gasteiger partial charge in [-0.2, -0.15) is 39.5 Å². The maximum atomic E-state index is 13.8. The van der Waals surface area contributed by atoms with Gasteiger partial charge in [-0.05, 0) is 20.8 Å². The van der Waals surface area contributed by atoms with Crippen molar-refractivity contribution in [1.29, 1.82) is 0 Å². The van der Waals surface area contributed by atoms with E-state index in [1.807, 2.05) is 0 Å². The van der Waals surface area contributed by atoms with Gasteiger partial charge in [0, 0.05) is 19.3 Å². The molecule has 3 nitrogen and oxygen atoms in total.